The molecule has 2 aromatic rings. The number of benzene rings is 2. The van der Waals surface area contributed by atoms with Crippen LogP contribution in [-0.2, 0) is 26.5 Å². The van der Waals surface area contributed by atoms with E-state index in [1.807, 2.05) is 62.5 Å². The van der Waals surface area contributed by atoms with Crippen LogP contribution in [0.2, 0.25) is 18.6 Å². The van der Waals surface area contributed by atoms with Gasteiger partial charge in [0.05, 0.1) is 18.3 Å². The Morgan fingerprint density at radius 3 is 2.60 bits per heavy atom. The van der Waals surface area contributed by atoms with Gasteiger partial charge in [-0.3, -0.25) is 9.59 Å². The monoisotopic (exact) mass is 558 g/mol. The molecule has 186 valence electrons. The first kappa shape index (κ1) is 24.6. The van der Waals surface area contributed by atoms with Crippen LogP contribution in [0.5, 0.6) is 0 Å². The number of β-lactam (4-membered cyclic amide) rings is 1. The van der Waals surface area contributed by atoms with Crippen LogP contribution < -0.4 is 9.80 Å². The van der Waals surface area contributed by atoms with Crippen molar-refractivity contribution in [2.75, 3.05) is 23.0 Å². The van der Waals surface area contributed by atoms with Gasteiger partial charge in [0.15, 0.2) is 13.9 Å². The molecule has 1 spiro atoms. The fraction of sp³-hybridized carbons (Fsp3) is 0.462. The van der Waals surface area contributed by atoms with E-state index in [0.29, 0.717) is 25.9 Å². The third-order valence-electron chi connectivity index (χ3n) is 7.77. The van der Waals surface area contributed by atoms with Crippen molar-refractivity contribution in [3.63, 3.8) is 0 Å². The Morgan fingerprint density at radius 1 is 1.20 bits per heavy atom. The quantitative estimate of drug-likeness (QED) is 0.414. The average Bonchev–Trinajstić information content (AvgIpc) is 3.20. The number of aliphatic hydroxyl groups excluding tert-OH is 1. The van der Waals surface area contributed by atoms with E-state index in [2.05, 4.69) is 15.9 Å². The minimum absolute atomic E-state index is 0.0697. The first-order chi connectivity index (χ1) is 16.6. The zero-order valence-electron chi connectivity index (χ0n) is 20.2. The minimum atomic E-state index is -2.72. The largest absolute Gasteiger partial charge is 0.432 e. The van der Waals surface area contributed by atoms with Crippen molar-refractivity contribution < 1.29 is 24.2 Å². The average molecular weight is 560 g/mol. The minimum Gasteiger partial charge on any atom is -0.432 e. The lowest BCUT2D eigenvalue weighted by Crippen LogP contribution is -2.46. The Bertz CT molecular complexity index is 1180. The maximum absolute atomic E-state index is 14.3. The van der Waals surface area contributed by atoms with Crippen LogP contribution in [0.25, 0.3) is 0 Å². The highest BCUT2D eigenvalue weighted by Gasteiger charge is 2.66. The molecule has 2 fully saturated rings. The number of ether oxygens (including phenoxy) is 1. The summed E-state index contributed by atoms with van der Waals surface area (Å²) in [6.07, 6.45) is 0.532. The molecule has 0 saturated carbocycles. The first-order valence-corrected chi connectivity index (χ1v) is 15.9. The summed E-state index contributed by atoms with van der Waals surface area (Å²) in [5, 5.41) is 9.72. The van der Waals surface area contributed by atoms with Gasteiger partial charge in [0.1, 0.15) is 0 Å². The number of fused-ring (bicyclic) bond motifs is 2. The highest BCUT2D eigenvalue weighted by Crippen LogP contribution is 2.60. The lowest BCUT2D eigenvalue weighted by atomic mass is 9.82. The smallest absolute Gasteiger partial charge is 0.264 e. The molecule has 2 saturated heterocycles. The van der Waals surface area contributed by atoms with Crippen LogP contribution in [-0.4, -0.2) is 49.3 Å². The van der Waals surface area contributed by atoms with Crippen molar-refractivity contribution in [2.45, 2.75) is 56.7 Å². The van der Waals surface area contributed by atoms with Gasteiger partial charge in [-0.25, -0.2) is 0 Å². The number of rotatable bonds is 6. The van der Waals surface area contributed by atoms with Crippen LogP contribution in [0.1, 0.15) is 30.9 Å². The number of anilines is 2. The Labute approximate surface area is 214 Å². The van der Waals surface area contributed by atoms with Gasteiger partial charge < -0.3 is 24.4 Å². The summed E-state index contributed by atoms with van der Waals surface area (Å²) >= 11 is 3.56. The maximum atomic E-state index is 14.3. The fourth-order valence-corrected chi connectivity index (χ4v) is 9.16. The Kier molecular flexibility index (Phi) is 6.20. The van der Waals surface area contributed by atoms with E-state index in [1.165, 1.54) is 0 Å². The second-order valence-corrected chi connectivity index (χ2v) is 15.3. The molecule has 9 heteroatoms. The van der Waals surface area contributed by atoms with E-state index in [-0.39, 0.29) is 29.9 Å². The van der Waals surface area contributed by atoms with Crippen LogP contribution in [0.4, 0.5) is 11.4 Å². The van der Waals surface area contributed by atoms with E-state index in [1.54, 1.807) is 9.80 Å². The summed E-state index contributed by atoms with van der Waals surface area (Å²) in [4.78, 5) is 40.9. The molecule has 0 unspecified atom stereocenters. The van der Waals surface area contributed by atoms with Gasteiger partial charge in [0.25, 0.3) is 5.91 Å². The molecule has 5 rings (SSSR count). The van der Waals surface area contributed by atoms with E-state index in [4.69, 9.17) is 4.74 Å². The lowest BCUT2D eigenvalue weighted by molar-refractivity contribution is -0.146. The van der Waals surface area contributed by atoms with Gasteiger partial charge in [-0.2, -0.15) is 0 Å². The molecule has 3 aliphatic heterocycles. The lowest BCUT2D eigenvalue weighted by Gasteiger charge is -2.32. The number of hydrogen-bond donors (Lipinski definition) is 2. The molecule has 3 heterocycles. The molecule has 35 heavy (non-hydrogen) atoms. The van der Waals surface area contributed by atoms with Gasteiger partial charge in [-0.1, -0.05) is 35.0 Å². The standard InChI is InChI=1S/C26H31BrN2O5Si/c1-16-24(35(2,3)33)22(10-12-30)34-26(16)20-14-18(27)7-8-21(20)29(25(26)32)15-17-5-4-6-19(13-17)28-11-9-23(28)31/h4-8,13-14,16,22,24,30,33H,9-12,15H2,1-3H3/t16-,22+,24-,26+/m0/s1. The number of hydrogen-bond acceptors (Lipinski definition) is 5. The SMILES string of the molecule is C[C@H]1[C@H]([Si](C)(C)O)[C@@H](CCO)O[C@]12C(=O)N(Cc1cccc(N3CCC3=O)c1)c1ccc(Br)cc12. The predicted octanol–water partition coefficient (Wildman–Crippen LogP) is 3.91. The van der Waals surface area contributed by atoms with E-state index >= 15 is 0 Å². The normalized spacial score (nSPS) is 28.1. The topological polar surface area (TPSA) is 90.3 Å². The number of carbonyl (C=O) groups is 2. The van der Waals surface area contributed by atoms with E-state index < -0.39 is 20.0 Å². The summed E-state index contributed by atoms with van der Waals surface area (Å²) in [5.74, 6) is -0.299. The maximum Gasteiger partial charge on any atom is 0.264 e. The van der Waals surface area contributed by atoms with E-state index in [9.17, 15) is 19.5 Å². The number of carbonyl (C=O) groups excluding carboxylic acids is 2. The number of amides is 2. The first-order valence-electron chi connectivity index (χ1n) is 12.1. The molecule has 7 nitrogen and oxygen atoms in total. The third kappa shape index (κ3) is 3.88. The highest BCUT2D eigenvalue weighted by molar-refractivity contribution is 9.10. The van der Waals surface area contributed by atoms with Crippen molar-refractivity contribution in [3.05, 3.63) is 58.1 Å². The third-order valence-corrected chi connectivity index (χ3v) is 10.8. The molecule has 2 N–H and O–H groups in total. The van der Waals surface area contributed by atoms with Crippen LogP contribution >= 0.6 is 15.9 Å². The van der Waals surface area contributed by atoms with E-state index in [0.717, 1.165) is 27.0 Å². The summed E-state index contributed by atoms with van der Waals surface area (Å²) < 4.78 is 7.46. The van der Waals surface area contributed by atoms with Crippen molar-refractivity contribution in [3.8, 4) is 0 Å². The summed E-state index contributed by atoms with van der Waals surface area (Å²) in [7, 11) is -2.72. The zero-order valence-corrected chi connectivity index (χ0v) is 22.8. The molecule has 0 bridgehead atoms. The Balaban J connectivity index is 1.55. The van der Waals surface area contributed by atoms with Crippen molar-refractivity contribution >= 4 is 47.4 Å². The molecule has 0 aromatic heterocycles. The predicted molar refractivity (Wildman–Crippen MR) is 140 cm³/mol. The molecular weight excluding hydrogens is 528 g/mol. The Morgan fingerprint density at radius 2 is 1.97 bits per heavy atom. The molecule has 4 atom stereocenters. The molecule has 2 aromatic carbocycles. The van der Waals surface area contributed by atoms with Gasteiger partial charge in [0.2, 0.25) is 5.91 Å². The number of halogens is 1. The number of nitrogens with zero attached hydrogens (tertiary/aromatic N) is 2. The second-order valence-electron chi connectivity index (χ2n) is 10.4. The van der Waals surface area contributed by atoms with Crippen molar-refractivity contribution in [1.29, 1.82) is 0 Å². The molecule has 0 aliphatic carbocycles. The van der Waals surface area contributed by atoms with Gasteiger partial charge >= 0.3 is 0 Å². The van der Waals surface area contributed by atoms with Gasteiger partial charge in [-0.05, 0) is 55.4 Å². The Hall–Kier alpha value is -2.04. The summed E-state index contributed by atoms with van der Waals surface area (Å²) in [5.41, 5.74) is 1.93. The highest BCUT2D eigenvalue weighted by atomic mass is 79.9. The molecular formula is C26H31BrN2O5Si. The zero-order chi connectivity index (χ0) is 25.1. The van der Waals surface area contributed by atoms with Gasteiger partial charge in [0, 0.05) is 46.8 Å². The van der Waals surface area contributed by atoms with Gasteiger partial charge in [-0.15, -0.1) is 0 Å². The summed E-state index contributed by atoms with van der Waals surface area (Å²) in [6, 6.07) is 13.6. The second kappa shape index (κ2) is 8.81. The number of aliphatic hydroxyl groups is 1. The molecule has 0 radical (unpaired) electrons. The van der Waals surface area contributed by atoms with Crippen LogP contribution in [0, 0.1) is 5.92 Å². The molecule has 3 aliphatic rings. The molecule has 2 amide bonds. The van der Waals surface area contributed by atoms with Crippen LogP contribution in [0.3, 0.4) is 0 Å². The fourth-order valence-electron chi connectivity index (χ4n) is 6.20. The van der Waals surface area contributed by atoms with Crippen molar-refractivity contribution in [2.24, 2.45) is 5.92 Å². The van der Waals surface area contributed by atoms with Crippen molar-refractivity contribution in [1.82, 2.24) is 0 Å². The van der Waals surface area contributed by atoms with Crippen LogP contribution in [0.15, 0.2) is 46.9 Å². The summed E-state index contributed by atoms with van der Waals surface area (Å²) in [6.45, 7) is 6.74.